The van der Waals surface area contributed by atoms with Crippen molar-refractivity contribution in [3.63, 3.8) is 0 Å². The third-order valence-electron chi connectivity index (χ3n) is 3.62. The molecule has 1 atom stereocenters. The van der Waals surface area contributed by atoms with Crippen molar-refractivity contribution in [1.82, 2.24) is 15.1 Å². The predicted octanol–water partition coefficient (Wildman–Crippen LogP) is 4.37. The fraction of sp³-hybridized carbons (Fsp3) is 0.588. The molecule has 2 aromatic rings. The third-order valence-corrected chi connectivity index (χ3v) is 4.96. The van der Waals surface area contributed by atoms with Crippen molar-refractivity contribution in [3.8, 4) is 0 Å². The lowest BCUT2D eigenvalue weighted by Crippen LogP contribution is -2.23. The highest BCUT2D eigenvalue weighted by atomic mass is 32.1. The van der Waals surface area contributed by atoms with Gasteiger partial charge in [0.2, 0.25) is 0 Å². The van der Waals surface area contributed by atoms with Crippen LogP contribution in [0.25, 0.3) is 0 Å². The average Bonchev–Trinajstić information content (AvgIpc) is 3.12. The maximum Gasteiger partial charge on any atom is 0.0644 e. The Labute approximate surface area is 132 Å². The Morgan fingerprint density at radius 3 is 2.62 bits per heavy atom. The maximum atomic E-state index is 4.69. The molecule has 0 bridgehead atoms. The van der Waals surface area contributed by atoms with E-state index in [0.717, 1.165) is 25.8 Å². The number of aryl methyl sites for hydroxylation is 1. The molecule has 21 heavy (non-hydrogen) atoms. The van der Waals surface area contributed by atoms with E-state index in [0.29, 0.717) is 12.1 Å². The van der Waals surface area contributed by atoms with E-state index < -0.39 is 0 Å². The van der Waals surface area contributed by atoms with E-state index in [-0.39, 0.29) is 0 Å². The predicted molar refractivity (Wildman–Crippen MR) is 91.0 cm³/mol. The van der Waals surface area contributed by atoms with Crippen LogP contribution < -0.4 is 5.32 Å². The molecule has 0 saturated heterocycles. The highest BCUT2D eigenvalue weighted by Crippen LogP contribution is 2.26. The van der Waals surface area contributed by atoms with Gasteiger partial charge >= 0.3 is 0 Å². The molecule has 1 unspecified atom stereocenters. The van der Waals surface area contributed by atoms with Crippen LogP contribution in [-0.4, -0.2) is 16.3 Å². The molecule has 2 rings (SSSR count). The van der Waals surface area contributed by atoms with Gasteiger partial charge in [-0.15, -0.1) is 11.3 Å². The summed E-state index contributed by atoms with van der Waals surface area (Å²) in [6.07, 6.45) is 5.32. The van der Waals surface area contributed by atoms with E-state index in [9.17, 15) is 0 Å². The minimum absolute atomic E-state index is 0.380. The zero-order chi connectivity index (χ0) is 15.2. The standard InChI is InChI=1S/C17H27N3S/c1-5-10-18-16(17-8-7-15(6-2)21-17)12-14-9-11-20(19-14)13(3)4/h7-9,11,13,16,18H,5-6,10,12H2,1-4H3. The van der Waals surface area contributed by atoms with Gasteiger partial charge in [-0.3, -0.25) is 4.68 Å². The summed E-state index contributed by atoms with van der Waals surface area (Å²) in [5.41, 5.74) is 1.17. The quantitative estimate of drug-likeness (QED) is 0.785. The van der Waals surface area contributed by atoms with Gasteiger partial charge in [-0.1, -0.05) is 13.8 Å². The van der Waals surface area contributed by atoms with Gasteiger partial charge in [0.05, 0.1) is 5.69 Å². The molecule has 116 valence electrons. The maximum absolute atomic E-state index is 4.69. The molecule has 0 aromatic carbocycles. The van der Waals surface area contributed by atoms with Crippen molar-refractivity contribution in [3.05, 3.63) is 39.8 Å². The Morgan fingerprint density at radius 2 is 2.05 bits per heavy atom. The van der Waals surface area contributed by atoms with E-state index in [1.165, 1.54) is 15.4 Å². The summed E-state index contributed by atoms with van der Waals surface area (Å²) in [5.74, 6) is 0. The lowest BCUT2D eigenvalue weighted by molar-refractivity contribution is 0.503. The van der Waals surface area contributed by atoms with Crippen LogP contribution in [0.15, 0.2) is 24.4 Å². The summed E-state index contributed by atoms with van der Waals surface area (Å²) in [4.78, 5) is 2.89. The van der Waals surface area contributed by atoms with Crippen LogP contribution in [0, 0.1) is 0 Å². The molecule has 3 nitrogen and oxygen atoms in total. The van der Waals surface area contributed by atoms with Crippen molar-refractivity contribution in [1.29, 1.82) is 0 Å². The number of aromatic nitrogens is 2. The Balaban J connectivity index is 2.11. The molecule has 0 amide bonds. The molecule has 0 spiro atoms. The van der Waals surface area contributed by atoms with Crippen molar-refractivity contribution in [2.24, 2.45) is 0 Å². The smallest absolute Gasteiger partial charge is 0.0644 e. The number of thiophene rings is 1. The Bertz CT molecular complexity index is 542. The van der Waals surface area contributed by atoms with Gasteiger partial charge in [0.15, 0.2) is 0 Å². The first-order valence-electron chi connectivity index (χ1n) is 8.00. The first-order valence-corrected chi connectivity index (χ1v) is 8.81. The SMILES string of the molecule is CCCNC(Cc1ccn(C(C)C)n1)c1ccc(CC)s1. The summed E-state index contributed by atoms with van der Waals surface area (Å²) >= 11 is 1.93. The summed E-state index contributed by atoms with van der Waals surface area (Å²) in [6.45, 7) is 9.81. The van der Waals surface area contributed by atoms with Gasteiger partial charge in [-0.2, -0.15) is 5.10 Å². The Kier molecular flexibility index (Phi) is 6.00. The van der Waals surface area contributed by atoms with Crippen LogP contribution in [0.2, 0.25) is 0 Å². The molecule has 0 aliphatic rings. The van der Waals surface area contributed by atoms with E-state index in [2.05, 4.69) is 57.4 Å². The molecule has 4 heteroatoms. The first-order chi connectivity index (χ1) is 10.1. The minimum Gasteiger partial charge on any atom is -0.309 e. The molecule has 0 aliphatic carbocycles. The van der Waals surface area contributed by atoms with Crippen LogP contribution in [-0.2, 0) is 12.8 Å². The molecule has 0 aliphatic heterocycles. The van der Waals surface area contributed by atoms with Crippen molar-refractivity contribution >= 4 is 11.3 Å². The summed E-state index contributed by atoms with van der Waals surface area (Å²) in [7, 11) is 0. The number of nitrogens with zero attached hydrogens (tertiary/aromatic N) is 2. The van der Waals surface area contributed by atoms with Gasteiger partial charge in [0.25, 0.3) is 0 Å². The fourth-order valence-electron chi connectivity index (χ4n) is 2.35. The number of hydrogen-bond acceptors (Lipinski definition) is 3. The van der Waals surface area contributed by atoms with Crippen molar-refractivity contribution in [2.45, 2.75) is 59.0 Å². The summed E-state index contributed by atoms with van der Waals surface area (Å²) in [6, 6.07) is 7.48. The second kappa shape index (κ2) is 7.76. The van der Waals surface area contributed by atoms with Crippen molar-refractivity contribution < 1.29 is 0 Å². The van der Waals surface area contributed by atoms with Crippen LogP contribution in [0.5, 0.6) is 0 Å². The molecular formula is C17H27N3S. The van der Waals surface area contributed by atoms with Crippen LogP contribution in [0.3, 0.4) is 0 Å². The summed E-state index contributed by atoms with van der Waals surface area (Å²) in [5, 5.41) is 8.36. The molecule has 1 N–H and O–H groups in total. The summed E-state index contributed by atoms with van der Waals surface area (Å²) < 4.78 is 2.04. The Hall–Kier alpha value is -1.13. The third kappa shape index (κ3) is 4.42. The van der Waals surface area contributed by atoms with Crippen LogP contribution in [0.4, 0.5) is 0 Å². The largest absolute Gasteiger partial charge is 0.309 e. The first kappa shape index (κ1) is 16.2. The lowest BCUT2D eigenvalue weighted by atomic mass is 10.1. The molecule has 0 saturated carbocycles. The highest BCUT2D eigenvalue weighted by molar-refractivity contribution is 7.12. The molecule has 0 fully saturated rings. The fourth-order valence-corrected chi connectivity index (χ4v) is 3.37. The molecule has 2 heterocycles. The van der Waals surface area contributed by atoms with E-state index in [1.807, 2.05) is 16.0 Å². The zero-order valence-electron chi connectivity index (χ0n) is 13.6. The minimum atomic E-state index is 0.380. The molecule has 0 radical (unpaired) electrons. The van der Waals surface area contributed by atoms with Gasteiger partial charge in [-0.25, -0.2) is 0 Å². The van der Waals surface area contributed by atoms with E-state index in [4.69, 9.17) is 5.10 Å². The molecular weight excluding hydrogens is 278 g/mol. The highest BCUT2D eigenvalue weighted by Gasteiger charge is 2.15. The van der Waals surface area contributed by atoms with Crippen molar-refractivity contribution in [2.75, 3.05) is 6.54 Å². The lowest BCUT2D eigenvalue weighted by Gasteiger charge is -2.16. The Morgan fingerprint density at radius 1 is 1.24 bits per heavy atom. The van der Waals surface area contributed by atoms with E-state index >= 15 is 0 Å². The normalized spacial score (nSPS) is 13.0. The second-order valence-corrected chi connectivity index (χ2v) is 6.95. The topological polar surface area (TPSA) is 29.9 Å². The van der Waals surface area contributed by atoms with Gasteiger partial charge in [0, 0.05) is 34.5 Å². The molecule has 2 aromatic heterocycles. The van der Waals surface area contributed by atoms with Gasteiger partial charge in [0.1, 0.15) is 0 Å². The van der Waals surface area contributed by atoms with Crippen LogP contribution >= 0.6 is 11.3 Å². The number of rotatable bonds is 8. The van der Waals surface area contributed by atoms with Gasteiger partial charge < -0.3 is 5.32 Å². The second-order valence-electron chi connectivity index (χ2n) is 5.75. The average molecular weight is 305 g/mol. The van der Waals surface area contributed by atoms with Crippen LogP contribution in [0.1, 0.15) is 61.6 Å². The zero-order valence-corrected chi connectivity index (χ0v) is 14.4. The van der Waals surface area contributed by atoms with E-state index in [1.54, 1.807) is 0 Å². The monoisotopic (exact) mass is 305 g/mol. The number of nitrogens with one attached hydrogen (secondary N) is 1. The number of hydrogen-bond donors (Lipinski definition) is 1. The van der Waals surface area contributed by atoms with Gasteiger partial charge in [-0.05, 0) is 51.4 Å².